The number of alkyl halides is 12. The van der Waals surface area contributed by atoms with E-state index < -0.39 is 74.0 Å². The van der Waals surface area contributed by atoms with Gasteiger partial charge in [-0.05, 0) is 86.3 Å². The van der Waals surface area contributed by atoms with Crippen LogP contribution in [0.5, 0.6) is 34.5 Å². The van der Waals surface area contributed by atoms with Crippen molar-refractivity contribution in [2.45, 2.75) is 70.1 Å². The number of benzene rings is 4. The van der Waals surface area contributed by atoms with Gasteiger partial charge in [-0.3, -0.25) is 13.6 Å². The fourth-order valence-electron chi connectivity index (χ4n) is 8.16. The molecule has 1 fully saturated rings. The number of aryl methyl sites for hydroxylation is 2. The summed E-state index contributed by atoms with van der Waals surface area (Å²) in [6.45, 7) is 2.41. The molecule has 8 aromatic rings. The minimum atomic E-state index is -4.91. The molecular formula is C54H42F12N8O7. The Labute approximate surface area is 450 Å². The van der Waals surface area contributed by atoms with Crippen molar-refractivity contribution >= 4 is 34.5 Å². The molecule has 1 aliphatic rings. The Morgan fingerprint density at radius 3 is 1.40 bits per heavy atom. The van der Waals surface area contributed by atoms with Crippen LogP contribution >= 0.6 is 0 Å². The molecule has 0 aliphatic heterocycles. The summed E-state index contributed by atoms with van der Waals surface area (Å²) in [5.41, 5.74) is 3.76. The van der Waals surface area contributed by atoms with Gasteiger partial charge >= 0.3 is 31.0 Å². The standard InChI is InChI=1S/C29H23F6N5O3.C25H19F6N3O4/c1-17-11-18(5-6-22(17)26(41)39-27(16-36)7-8-27)24-14-38-25-23(37-10-9-28(30,31)32)13-21(15-40(24)25)42-19-3-2-4-20(12-19)43-29(33,34)35;1-14-9-15(5-6-19(14)23(35)36)21-12-33-22-20(32-8-7-24(26,27)28)11-18(13-34(21)22)37-16-3-2-4-17(10-16)38-25(29,30)31/h2-6,11-15,37H,7-10H2,1H3,(H,39,41);2-6,9-13,32H,7-8H2,1H3,(H,35,36). The Morgan fingerprint density at radius 2 is 1.02 bits per heavy atom. The fourth-order valence-corrected chi connectivity index (χ4v) is 8.16. The van der Waals surface area contributed by atoms with Gasteiger partial charge in [0.1, 0.15) is 40.0 Å². The van der Waals surface area contributed by atoms with E-state index in [0.717, 1.165) is 24.3 Å². The first-order chi connectivity index (χ1) is 38.0. The number of rotatable bonds is 17. The zero-order valence-corrected chi connectivity index (χ0v) is 42.0. The molecule has 81 heavy (non-hydrogen) atoms. The zero-order valence-electron chi connectivity index (χ0n) is 42.0. The number of imidazole rings is 2. The number of aromatic nitrogens is 4. The van der Waals surface area contributed by atoms with Crippen molar-refractivity contribution in [3.8, 4) is 63.1 Å². The number of hydrogen-bond donors (Lipinski definition) is 4. The second-order valence-corrected chi connectivity index (χ2v) is 18.2. The van der Waals surface area contributed by atoms with Crippen LogP contribution in [0.4, 0.5) is 64.1 Å². The van der Waals surface area contributed by atoms with Gasteiger partial charge in [0.2, 0.25) is 0 Å². The summed E-state index contributed by atoms with van der Waals surface area (Å²) in [5, 5.41) is 26.7. The fraction of sp³-hybridized carbons (Fsp3) is 0.241. The Bertz CT molecular complexity index is 3680. The van der Waals surface area contributed by atoms with Gasteiger partial charge in [0.25, 0.3) is 5.91 Å². The van der Waals surface area contributed by atoms with Crippen molar-refractivity contribution in [3.63, 3.8) is 0 Å². The maximum atomic E-state index is 12.8. The summed E-state index contributed by atoms with van der Waals surface area (Å²) in [6.07, 6.45) is -13.8. The highest BCUT2D eigenvalue weighted by molar-refractivity contribution is 5.97. The number of carboxylic acid groups (broad SMARTS) is 1. The molecule has 15 nitrogen and oxygen atoms in total. The van der Waals surface area contributed by atoms with Crippen molar-refractivity contribution in [1.82, 2.24) is 24.1 Å². The van der Waals surface area contributed by atoms with Crippen LogP contribution in [-0.4, -0.2) is 79.5 Å². The highest BCUT2D eigenvalue weighted by atomic mass is 19.4. The monoisotopic (exact) mass is 1140 g/mol. The highest BCUT2D eigenvalue weighted by Crippen LogP contribution is 2.38. The number of pyridine rings is 2. The van der Waals surface area contributed by atoms with Gasteiger partial charge in [-0.25, -0.2) is 14.8 Å². The molecular weight excluding hydrogens is 1100 g/mol. The summed E-state index contributed by atoms with van der Waals surface area (Å²) in [5.74, 6) is -2.38. The molecule has 4 aromatic heterocycles. The largest absolute Gasteiger partial charge is 0.573 e. The van der Waals surface area contributed by atoms with Crippen LogP contribution in [0.1, 0.15) is 57.5 Å². The number of carbonyl (C=O) groups excluding carboxylic acids is 1. The van der Waals surface area contributed by atoms with Crippen LogP contribution in [0.3, 0.4) is 0 Å². The molecule has 0 bridgehead atoms. The molecule has 4 heterocycles. The Morgan fingerprint density at radius 1 is 0.605 bits per heavy atom. The van der Waals surface area contributed by atoms with E-state index in [1.165, 1.54) is 71.7 Å². The van der Waals surface area contributed by atoms with Crippen molar-refractivity contribution in [2.24, 2.45) is 0 Å². The third kappa shape index (κ3) is 15.3. The molecule has 4 N–H and O–H groups in total. The van der Waals surface area contributed by atoms with Crippen molar-refractivity contribution in [1.29, 1.82) is 5.26 Å². The number of anilines is 2. The molecule has 1 aliphatic carbocycles. The van der Waals surface area contributed by atoms with E-state index in [1.807, 2.05) is 0 Å². The Balaban J connectivity index is 0.000000214. The second-order valence-electron chi connectivity index (χ2n) is 18.2. The van der Waals surface area contributed by atoms with Crippen LogP contribution < -0.4 is 34.9 Å². The van der Waals surface area contributed by atoms with Gasteiger partial charge in [0.05, 0.1) is 72.0 Å². The van der Waals surface area contributed by atoms with Gasteiger partial charge in [0.15, 0.2) is 11.3 Å². The summed E-state index contributed by atoms with van der Waals surface area (Å²) in [6, 6.07) is 24.0. The third-order valence-electron chi connectivity index (χ3n) is 12.0. The molecule has 0 radical (unpaired) electrons. The van der Waals surface area contributed by atoms with E-state index >= 15 is 0 Å². The van der Waals surface area contributed by atoms with Gasteiger partial charge < -0.3 is 40.0 Å². The third-order valence-corrected chi connectivity index (χ3v) is 12.0. The number of nitrogens with one attached hydrogen (secondary N) is 3. The number of amides is 1. The van der Waals surface area contributed by atoms with Gasteiger partial charge in [-0.1, -0.05) is 24.3 Å². The van der Waals surface area contributed by atoms with Crippen molar-refractivity contribution < 1.29 is 86.3 Å². The maximum Gasteiger partial charge on any atom is 0.573 e. The smallest absolute Gasteiger partial charge is 0.478 e. The average molecular weight is 1140 g/mol. The summed E-state index contributed by atoms with van der Waals surface area (Å²) in [7, 11) is 0. The van der Waals surface area contributed by atoms with Gasteiger partial charge in [-0.15, -0.1) is 26.3 Å². The lowest BCUT2D eigenvalue weighted by atomic mass is 10.0. The van der Waals surface area contributed by atoms with Crippen LogP contribution in [0.25, 0.3) is 33.8 Å². The van der Waals surface area contributed by atoms with E-state index in [2.05, 4.69) is 41.5 Å². The lowest BCUT2D eigenvalue weighted by Gasteiger charge is -2.15. The number of carbonyl (C=O) groups is 2. The van der Waals surface area contributed by atoms with Crippen LogP contribution in [0.2, 0.25) is 0 Å². The van der Waals surface area contributed by atoms with Crippen LogP contribution in [-0.2, 0) is 0 Å². The lowest BCUT2D eigenvalue weighted by molar-refractivity contribution is -0.275. The number of nitrogens with zero attached hydrogens (tertiary/aromatic N) is 5. The Hall–Kier alpha value is -9.35. The number of nitriles is 1. The van der Waals surface area contributed by atoms with Crippen molar-refractivity contribution in [2.75, 3.05) is 23.7 Å². The summed E-state index contributed by atoms with van der Waals surface area (Å²) in [4.78, 5) is 32.8. The first kappa shape index (κ1) is 57.8. The van der Waals surface area contributed by atoms with Gasteiger partial charge in [-0.2, -0.15) is 31.6 Å². The van der Waals surface area contributed by atoms with E-state index in [9.17, 15) is 72.6 Å². The number of halogens is 12. The lowest BCUT2D eigenvalue weighted by Crippen LogP contribution is -2.35. The SMILES string of the molecule is Cc1cc(-c2cnc3c(NCCC(F)(F)F)cc(Oc4cccc(OC(F)(F)F)c4)cn23)ccc1C(=O)NC1(C#N)CC1.Cc1cc(-c2cnc3c(NCCC(F)(F)F)cc(Oc4cccc(OC(F)(F)F)c4)cn23)ccc1C(=O)O. The van der Waals surface area contributed by atoms with E-state index in [0.29, 0.717) is 52.0 Å². The van der Waals surface area contributed by atoms with E-state index in [-0.39, 0.29) is 57.1 Å². The number of carboxylic acids is 1. The first-order valence-corrected chi connectivity index (χ1v) is 23.9. The quantitative estimate of drug-likeness (QED) is 0.0633. The number of aromatic carboxylic acids is 1. The molecule has 0 unspecified atom stereocenters. The number of ether oxygens (including phenoxy) is 4. The topological polar surface area (TPSA) is 186 Å². The highest BCUT2D eigenvalue weighted by Gasteiger charge is 2.45. The summed E-state index contributed by atoms with van der Waals surface area (Å²) < 4.78 is 175. The number of hydrogen-bond acceptors (Lipinski definition) is 11. The predicted octanol–water partition coefficient (Wildman–Crippen LogP) is 14.2. The van der Waals surface area contributed by atoms with E-state index in [4.69, 9.17) is 9.47 Å². The average Bonchev–Trinajstić information content (AvgIpc) is 3.93. The molecule has 1 saturated carbocycles. The molecule has 4 aromatic carbocycles. The zero-order chi connectivity index (χ0) is 58.7. The maximum absolute atomic E-state index is 12.8. The second kappa shape index (κ2) is 22.8. The molecule has 1 amide bonds. The molecule has 0 saturated heterocycles. The predicted molar refractivity (Wildman–Crippen MR) is 267 cm³/mol. The molecule has 0 atom stereocenters. The van der Waals surface area contributed by atoms with Crippen LogP contribution in [0.15, 0.2) is 122 Å². The molecule has 9 rings (SSSR count). The minimum absolute atomic E-state index is 0.0129. The Kier molecular flexibility index (Phi) is 16.3. The van der Waals surface area contributed by atoms with E-state index in [1.54, 1.807) is 48.6 Å². The van der Waals surface area contributed by atoms with Crippen LogP contribution in [0, 0.1) is 25.2 Å². The molecule has 27 heteroatoms. The normalized spacial score (nSPS) is 13.1. The van der Waals surface area contributed by atoms with Gasteiger partial charge in [0, 0.05) is 54.0 Å². The minimum Gasteiger partial charge on any atom is -0.478 e. The van der Waals surface area contributed by atoms with Crippen molar-refractivity contribution in [3.05, 3.63) is 144 Å². The molecule has 0 spiro atoms. The molecule has 424 valence electrons. The number of fused-ring (bicyclic) bond motifs is 2. The summed E-state index contributed by atoms with van der Waals surface area (Å²) >= 11 is 0. The first-order valence-electron chi connectivity index (χ1n) is 23.9.